The van der Waals surface area contributed by atoms with Gasteiger partial charge >= 0.3 is 0 Å². The van der Waals surface area contributed by atoms with E-state index in [1.54, 1.807) is 11.8 Å². The van der Waals surface area contributed by atoms with Crippen LogP contribution in [0.25, 0.3) is 0 Å². The Bertz CT molecular complexity index is 645. The SMILES string of the molecule is NCCCOc1ccc(Sc2cc(Cl)c(OCCCCl)c(Cl)c2)cc1. The highest BCUT2D eigenvalue weighted by Gasteiger charge is 2.11. The number of halogens is 3. The largest absolute Gasteiger partial charge is 0.494 e. The van der Waals surface area contributed by atoms with E-state index in [1.165, 1.54) is 0 Å². The number of rotatable bonds is 10. The number of hydrogen-bond donors (Lipinski definition) is 1. The van der Waals surface area contributed by atoms with Crippen LogP contribution in [-0.4, -0.2) is 25.6 Å². The smallest absolute Gasteiger partial charge is 0.156 e. The summed E-state index contributed by atoms with van der Waals surface area (Å²) in [6, 6.07) is 11.6. The van der Waals surface area contributed by atoms with Gasteiger partial charge in [-0.1, -0.05) is 35.0 Å². The summed E-state index contributed by atoms with van der Waals surface area (Å²) in [5, 5.41) is 0.984. The van der Waals surface area contributed by atoms with E-state index in [9.17, 15) is 0 Å². The zero-order valence-electron chi connectivity index (χ0n) is 13.6. The molecule has 3 nitrogen and oxygen atoms in total. The van der Waals surface area contributed by atoms with Crippen molar-refractivity contribution in [3.8, 4) is 11.5 Å². The van der Waals surface area contributed by atoms with Crippen molar-refractivity contribution in [1.29, 1.82) is 0 Å². The summed E-state index contributed by atoms with van der Waals surface area (Å²) in [6.45, 7) is 1.74. The zero-order valence-corrected chi connectivity index (χ0v) is 16.7. The van der Waals surface area contributed by atoms with Crippen LogP contribution in [0.15, 0.2) is 46.2 Å². The van der Waals surface area contributed by atoms with Gasteiger partial charge in [0.1, 0.15) is 5.75 Å². The number of nitrogens with two attached hydrogens (primary N) is 1. The van der Waals surface area contributed by atoms with Gasteiger partial charge in [0.2, 0.25) is 0 Å². The fourth-order valence-corrected chi connectivity index (χ4v) is 3.71. The molecule has 0 aliphatic carbocycles. The molecule has 0 aromatic heterocycles. The van der Waals surface area contributed by atoms with Crippen LogP contribution in [0, 0.1) is 0 Å². The fourth-order valence-electron chi connectivity index (χ4n) is 1.98. The molecule has 0 aliphatic rings. The molecule has 0 spiro atoms. The first-order valence-electron chi connectivity index (χ1n) is 7.92. The Morgan fingerprint density at radius 2 is 1.52 bits per heavy atom. The lowest BCUT2D eigenvalue weighted by Crippen LogP contribution is -2.05. The second kappa shape index (κ2) is 11.0. The van der Waals surface area contributed by atoms with Crippen molar-refractivity contribution in [3.63, 3.8) is 0 Å². The molecule has 0 amide bonds. The van der Waals surface area contributed by atoms with Gasteiger partial charge in [-0.15, -0.1) is 11.6 Å². The number of alkyl halides is 1. The first-order chi connectivity index (χ1) is 12.1. The predicted octanol–water partition coefficient (Wildman–Crippen LogP) is 5.88. The van der Waals surface area contributed by atoms with Crippen molar-refractivity contribution in [1.82, 2.24) is 0 Å². The topological polar surface area (TPSA) is 44.5 Å². The van der Waals surface area contributed by atoms with Gasteiger partial charge in [-0.25, -0.2) is 0 Å². The van der Waals surface area contributed by atoms with Crippen molar-refractivity contribution < 1.29 is 9.47 Å². The van der Waals surface area contributed by atoms with Gasteiger partial charge in [-0.2, -0.15) is 0 Å². The second-order valence-electron chi connectivity index (χ2n) is 5.17. The van der Waals surface area contributed by atoms with Crippen LogP contribution in [0.1, 0.15) is 12.8 Å². The molecule has 0 bridgehead atoms. The molecule has 25 heavy (non-hydrogen) atoms. The Balaban J connectivity index is 2.00. The van der Waals surface area contributed by atoms with Crippen LogP contribution in [0.3, 0.4) is 0 Å². The quantitative estimate of drug-likeness (QED) is 0.385. The molecule has 0 saturated heterocycles. The minimum Gasteiger partial charge on any atom is -0.494 e. The predicted molar refractivity (Wildman–Crippen MR) is 107 cm³/mol. The van der Waals surface area contributed by atoms with Crippen molar-refractivity contribution in [3.05, 3.63) is 46.4 Å². The third kappa shape index (κ3) is 6.80. The third-order valence-electron chi connectivity index (χ3n) is 3.17. The van der Waals surface area contributed by atoms with E-state index in [-0.39, 0.29) is 0 Å². The van der Waals surface area contributed by atoms with Crippen molar-refractivity contribution in [2.45, 2.75) is 22.6 Å². The van der Waals surface area contributed by atoms with Crippen molar-refractivity contribution >= 4 is 46.6 Å². The summed E-state index contributed by atoms with van der Waals surface area (Å²) < 4.78 is 11.2. The molecule has 136 valence electrons. The van der Waals surface area contributed by atoms with Gasteiger partial charge in [-0.05, 0) is 55.8 Å². The summed E-state index contributed by atoms with van der Waals surface area (Å²) in [6.07, 6.45) is 1.58. The van der Waals surface area contributed by atoms with E-state index < -0.39 is 0 Å². The fraction of sp³-hybridized carbons (Fsp3) is 0.333. The molecule has 2 aromatic carbocycles. The summed E-state index contributed by atoms with van der Waals surface area (Å²) in [7, 11) is 0. The Kier molecular flexibility index (Phi) is 9.07. The summed E-state index contributed by atoms with van der Waals surface area (Å²) >= 11 is 19.8. The molecule has 0 atom stereocenters. The van der Waals surface area contributed by atoms with E-state index in [0.717, 1.165) is 28.4 Å². The van der Waals surface area contributed by atoms with Crippen LogP contribution in [0.2, 0.25) is 10.0 Å². The first-order valence-corrected chi connectivity index (χ1v) is 10.0. The third-order valence-corrected chi connectivity index (χ3v) is 4.98. The average molecular weight is 421 g/mol. The molecule has 0 unspecified atom stereocenters. The highest BCUT2D eigenvalue weighted by atomic mass is 35.5. The highest BCUT2D eigenvalue weighted by molar-refractivity contribution is 7.99. The average Bonchev–Trinajstić information content (AvgIpc) is 2.59. The van der Waals surface area contributed by atoms with Gasteiger partial charge in [0.25, 0.3) is 0 Å². The molecule has 0 heterocycles. The maximum Gasteiger partial charge on any atom is 0.156 e. The van der Waals surface area contributed by atoms with E-state index in [4.69, 9.17) is 50.0 Å². The highest BCUT2D eigenvalue weighted by Crippen LogP contribution is 2.39. The Morgan fingerprint density at radius 3 is 2.12 bits per heavy atom. The van der Waals surface area contributed by atoms with Crippen molar-refractivity contribution in [2.24, 2.45) is 5.73 Å². The monoisotopic (exact) mass is 419 g/mol. The lowest BCUT2D eigenvalue weighted by Gasteiger charge is -2.11. The van der Waals surface area contributed by atoms with Gasteiger partial charge < -0.3 is 15.2 Å². The van der Waals surface area contributed by atoms with E-state index in [2.05, 4.69) is 0 Å². The Morgan fingerprint density at radius 1 is 0.880 bits per heavy atom. The van der Waals surface area contributed by atoms with E-state index in [0.29, 0.717) is 41.4 Å². The number of benzene rings is 2. The van der Waals surface area contributed by atoms with E-state index >= 15 is 0 Å². The standard InChI is InChI=1S/C18H20Cl3NO2S/c19-7-1-9-24-18-16(20)11-15(12-17(18)21)25-14-5-3-13(4-6-14)23-10-2-8-22/h3-6,11-12H,1-2,7-10,22H2. The molecule has 2 rings (SSSR count). The van der Waals surface area contributed by atoms with Crippen molar-refractivity contribution in [2.75, 3.05) is 25.6 Å². The molecular weight excluding hydrogens is 401 g/mol. The van der Waals surface area contributed by atoms with Gasteiger partial charge in [0.05, 0.1) is 23.3 Å². The molecule has 0 saturated carbocycles. The molecule has 7 heteroatoms. The maximum absolute atomic E-state index is 6.29. The molecule has 2 aromatic rings. The van der Waals surface area contributed by atoms with Crippen LogP contribution in [0.5, 0.6) is 11.5 Å². The Hall–Kier alpha value is -0.780. The van der Waals surface area contributed by atoms with Crippen LogP contribution >= 0.6 is 46.6 Å². The molecular formula is C18H20Cl3NO2S. The number of ether oxygens (including phenoxy) is 2. The van der Waals surface area contributed by atoms with Gasteiger partial charge in [-0.3, -0.25) is 0 Å². The summed E-state index contributed by atoms with van der Waals surface area (Å²) in [5.41, 5.74) is 5.45. The minimum absolute atomic E-state index is 0.487. The van der Waals surface area contributed by atoms with Crippen LogP contribution < -0.4 is 15.2 Å². The van der Waals surface area contributed by atoms with Crippen LogP contribution in [-0.2, 0) is 0 Å². The lowest BCUT2D eigenvalue weighted by molar-refractivity contribution is 0.313. The number of hydrogen-bond acceptors (Lipinski definition) is 4. The minimum atomic E-state index is 0.487. The van der Waals surface area contributed by atoms with Gasteiger partial charge in [0.15, 0.2) is 5.75 Å². The summed E-state index contributed by atoms with van der Waals surface area (Å²) in [5.74, 6) is 1.87. The Labute approximate surface area is 167 Å². The normalized spacial score (nSPS) is 10.7. The van der Waals surface area contributed by atoms with Crippen LogP contribution in [0.4, 0.5) is 0 Å². The van der Waals surface area contributed by atoms with E-state index in [1.807, 2.05) is 36.4 Å². The zero-order chi connectivity index (χ0) is 18.1. The van der Waals surface area contributed by atoms with Gasteiger partial charge in [0, 0.05) is 15.7 Å². The lowest BCUT2D eigenvalue weighted by atomic mass is 10.3. The molecule has 0 radical (unpaired) electrons. The molecule has 2 N–H and O–H groups in total. The summed E-state index contributed by atoms with van der Waals surface area (Å²) in [4.78, 5) is 2.01. The molecule has 0 aliphatic heterocycles. The molecule has 0 fully saturated rings. The second-order valence-corrected chi connectivity index (χ2v) is 7.51. The first kappa shape index (κ1) is 20.5. The maximum atomic E-state index is 6.29.